The maximum absolute atomic E-state index is 13.7. The van der Waals surface area contributed by atoms with Crippen LogP contribution in [0, 0.1) is 17.7 Å². The first-order chi connectivity index (χ1) is 9.92. The number of anilines is 1. The monoisotopic (exact) mass is 292 g/mol. The minimum Gasteiger partial charge on any atom is -0.368 e. The highest BCUT2D eigenvalue weighted by Crippen LogP contribution is 2.34. The van der Waals surface area contributed by atoms with Crippen LogP contribution in [-0.2, 0) is 6.42 Å². The highest BCUT2D eigenvalue weighted by atomic mass is 19.1. The number of benzene rings is 1. The zero-order chi connectivity index (χ0) is 15.6. The maximum atomic E-state index is 13.7. The molecule has 0 aliphatic carbocycles. The van der Waals surface area contributed by atoms with Gasteiger partial charge in [0.2, 0.25) is 0 Å². The molecule has 3 heteroatoms. The number of hydrogen-bond donors (Lipinski definition) is 1. The Morgan fingerprint density at radius 3 is 2.71 bits per heavy atom. The van der Waals surface area contributed by atoms with Crippen molar-refractivity contribution in [2.75, 3.05) is 11.4 Å². The molecule has 4 atom stereocenters. The SMILES string of the molecule is CCC(N)Cc1cc(F)ccc1N1CC(C)CC(C)C1C. The third-order valence-corrected chi connectivity index (χ3v) is 4.96. The summed E-state index contributed by atoms with van der Waals surface area (Å²) >= 11 is 0. The number of hydrogen-bond acceptors (Lipinski definition) is 2. The Balaban J connectivity index is 2.33. The van der Waals surface area contributed by atoms with E-state index in [-0.39, 0.29) is 11.9 Å². The molecule has 0 saturated carbocycles. The molecule has 0 amide bonds. The van der Waals surface area contributed by atoms with Crippen molar-refractivity contribution in [2.45, 2.75) is 59.0 Å². The van der Waals surface area contributed by atoms with E-state index in [0.29, 0.717) is 17.9 Å². The van der Waals surface area contributed by atoms with Crippen molar-refractivity contribution in [1.29, 1.82) is 0 Å². The van der Waals surface area contributed by atoms with Crippen LogP contribution < -0.4 is 10.6 Å². The van der Waals surface area contributed by atoms with Gasteiger partial charge in [-0.1, -0.05) is 20.8 Å². The number of rotatable bonds is 4. The molecule has 4 unspecified atom stereocenters. The van der Waals surface area contributed by atoms with Crippen LogP contribution in [0.25, 0.3) is 0 Å². The number of nitrogens with zero attached hydrogens (tertiary/aromatic N) is 1. The van der Waals surface area contributed by atoms with Gasteiger partial charge in [0.25, 0.3) is 0 Å². The van der Waals surface area contributed by atoms with Crippen LogP contribution in [0.1, 0.15) is 46.1 Å². The normalized spacial score (nSPS) is 27.7. The number of halogens is 1. The second-order valence-electron chi connectivity index (χ2n) is 6.86. The van der Waals surface area contributed by atoms with Crippen molar-refractivity contribution >= 4 is 5.69 Å². The van der Waals surface area contributed by atoms with E-state index < -0.39 is 0 Å². The molecular formula is C18H29FN2. The smallest absolute Gasteiger partial charge is 0.123 e. The molecule has 0 spiro atoms. The highest BCUT2D eigenvalue weighted by molar-refractivity contribution is 5.55. The average Bonchev–Trinajstić information content (AvgIpc) is 2.43. The zero-order valence-electron chi connectivity index (χ0n) is 13.8. The standard InChI is InChI=1S/C18H29FN2/c1-5-17(20)10-15-9-16(19)6-7-18(15)21-11-12(2)8-13(3)14(21)4/h6-7,9,12-14,17H,5,8,10-11,20H2,1-4H3. The largest absolute Gasteiger partial charge is 0.368 e. The maximum Gasteiger partial charge on any atom is 0.123 e. The molecule has 1 fully saturated rings. The third-order valence-electron chi connectivity index (χ3n) is 4.96. The summed E-state index contributed by atoms with van der Waals surface area (Å²) in [5.74, 6) is 1.17. The third kappa shape index (κ3) is 3.76. The van der Waals surface area contributed by atoms with Crippen molar-refractivity contribution in [3.63, 3.8) is 0 Å². The van der Waals surface area contributed by atoms with Crippen LogP contribution in [0.5, 0.6) is 0 Å². The van der Waals surface area contributed by atoms with E-state index in [0.717, 1.165) is 24.9 Å². The molecule has 0 radical (unpaired) electrons. The second kappa shape index (κ2) is 6.78. The molecule has 118 valence electrons. The molecule has 1 saturated heterocycles. The van der Waals surface area contributed by atoms with Gasteiger partial charge < -0.3 is 10.6 Å². The van der Waals surface area contributed by atoms with Gasteiger partial charge in [0.1, 0.15) is 5.82 Å². The molecule has 0 aromatic heterocycles. The molecule has 1 aliphatic rings. The van der Waals surface area contributed by atoms with Gasteiger partial charge in [0, 0.05) is 24.3 Å². The summed E-state index contributed by atoms with van der Waals surface area (Å²) in [7, 11) is 0. The quantitative estimate of drug-likeness (QED) is 0.909. The molecule has 2 rings (SSSR count). The average molecular weight is 292 g/mol. The van der Waals surface area contributed by atoms with Crippen LogP contribution >= 0.6 is 0 Å². The first-order valence-electron chi connectivity index (χ1n) is 8.23. The van der Waals surface area contributed by atoms with Crippen molar-refractivity contribution in [1.82, 2.24) is 0 Å². The molecule has 2 nitrogen and oxygen atoms in total. The van der Waals surface area contributed by atoms with Gasteiger partial charge in [-0.3, -0.25) is 0 Å². The van der Waals surface area contributed by atoms with Crippen LogP contribution in [0.3, 0.4) is 0 Å². The summed E-state index contributed by atoms with van der Waals surface area (Å²) in [6.45, 7) is 10.0. The Bertz CT molecular complexity index is 474. The number of nitrogens with two attached hydrogens (primary N) is 1. The fraction of sp³-hybridized carbons (Fsp3) is 0.667. The lowest BCUT2D eigenvalue weighted by Gasteiger charge is -2.43. The van der Waals surface area contributed by atoms with Crippen molar-refractivity contribution in [2.24, 2.45) is 17.6 Å². The van der Waals surface area contributed by atoms with Crippen LogP contribution in [0.2, 0.25) is 0 Å². The molecule has 1 aromatic rings. The molecule has 1 aromatic carbocycles. The van der Waals surface area contributed by atoms with E-state index >= 15 is 0 Å². The molecule has 1 heterocycles. The van der Waals surface area contributed by atoms with Gasteiger partial charge in [0.05, 0.1) is 0 Å². The lowest BCUT2D eigenvalue weighted by Crippen LogP contribution is -2.46. The topological polar surface area (TPSA) is 29.3 Å². The number of piperidine rings is 1. The molecular weight excluding hydrogens is 263 g/mol. The molecule has 2 N–H and O–H groups in total. The Labute approximate surface area is 128 Å². The Morgan fingerprint density at radius 1 is 1.33 bits per heavy atom. The van der Waals surface area contributed by atoms with Gasteiger partial charge in [-0.2, -0.15) is 0 Å². The minimum atomic E-state index is -0.164. The first kappa shape index (κ1) is 16.3. The fourth-order valence-electron chi connectivity index (χ4n) is 3.46. The van der Waals surface area contributed by atoms with Gasteiger partial charge in [0.15, 0.2) is 0 Å². The molecule has 1 aliphatic heterocycles. The van der Waals surface area contributed by atoms with Gasteiger partial charge in [-0.15, -0.1) is 0 Å². The molecule has 0 bridgehead atoms. The second-order valence-corrected chi connectivity index (χ2v) is 6.86. The predicted molar refractivity (Wildman–Crippen MR) is 88.1 cm³/mol. The fourth-order valence-corrected chi connectivity index (χ4v) is 3.46. The van der Waals surface area contributed by atoms with Crippen molar-refractivity contribution in [3.8, 4) is 0 Å². The van der Waals surface area contributed by atoms with E-state index in [1.165, 1.54) is 12.1 Å². The van der Waals surface area contributed by atoms with Crippen molar-refractivity contribution in [3.05, 3.63) is 29.6 Å². The van der Waals surface area contributed by atoms with Gasteiger partial charge >= 0.3 is 0 Å². The first-order valence-corrected chi connectivity index (χ1v) is 8.23. The van der Waals surface area contributed by atoms with Crippen LogP contribution in [0.4, 0.5) is 10.1 Å². The summed E-state index contributed by atoms with van der Waals surface area (Å²) in [6.07, 6.45) is 2.93. The summed E-state index contributed by atoms with van der Waals surface area (Å²) in [5.41, 5.74) is 8.33. The summed E-state index contributed by atoms with van der Waals surface area (Å²) in [6, 6.07) is 5.77. The zero-order valence-corrected chi connectivity index (χ0v) is 13.8. The van der Waals surface area contributed by atoms with E-state index in [1.54, 1.807) is 12.1 Å². The summed E-state index contributed by atoms with van der Waals surface area (Å²) in [4.78, 5) is 2.45. The summed E-state index contributed by atoms with van der Waals surface area (Å²) < 4.78 is 13.7. The Morgan fingerprint density at radius 2 is 2.05 bits per heavy atom. The van der Waals surface area contributed by atoms with Gasteiger partial charge in [-0.25, -0.2) is 4.39 Å². The van der Waals surface area contributed by atoms with Crippen LogP contribution in [0.15, 0.2) is 18.2 Å². The van der Waals surface area contributed by atoms with E-state index in [9.17, 15) is 4.39 Å². The molecule has 21 heavy (non-hydrogen) atoms. The lowest BCUT2D eigenvalue weighted by atomic mass is 9.85. The van der Waals surface area contributed by atoms with E-state index in [4.69, 9.17) is 5.73 Å². The highest BCUT2D eigenvalue weighted by Gasteiger charge is 2.30. The Hall–Kier alpha value is -1.09. The minimum absolute atomic E-state index is 0.0977. The predicted octanol–water partition coefficient (Wildman–Crippen LogP) is 3.98. The van der Waals surface area contributed by atoms with Crippen molar-refractivity contribution < 1.29 is 4.39 Å². The lowest BCUT2D eigenvalue weighted by molar-refractivity contribution is 0.296. The van der Waals surface area contributed by atoms with E-state index in [1.807, 2.05) is 6.07 Å². The van der Waals surface area contributed by atoms with E-state index in [2.05, 4.69) is 32.6 Å². The summed E-state index contributed by atoms with van der Waals surface area (Å²) in [5, 5.41) is 0. The Kier molecular flexibility index (Phi) is 5.26. The van der Waals surface area contributed by atoms with Crippen LogP contribution in [-0.4, -0.2) is 18.6 Å². The van der Waals surface area contributed by atoms with Gasteiger partial charge in [-0.05, 0) is 61.8 Å².